The largest absolute Gasteiger partial charge is 0.314 e. The predicted molar refractivity (Wildman–Crippen MR) is 89.7 cm³/mol. The van der Waals surface area contributed by atoms with Crippen molar-refractivity contribution in [2.24, 2.45) is 5.73 Å². The van der Waals surface area contributed by atoms with Crippen molar-refractivity contribution in [3.05, 3.63) is 65.7 Å². The molecule has 1 heterocycles. The summed E-state index contributed by atoms with van der Waals surface area (Å²) in [4.78, 5) is 16.0. The number of benzene rings is 1. The molecule has 0 aliphatic rings. The average molecular weight is 335 g/mol. The summed E-state index contributed by atoms with van der Waals surface area (Å²) in [6.07, 6.45) is 1.64. The van der Waals surface area contributed by atoms with E-state index in [-0.39, 0.29) is 15.9 Å². The predicted octanol–water partition coefficient (Wildman–Crippen LogP) is 3.46. The molecule has 0 bridgehead atoms. The van der Waals surface area contributed by atoms with Gasteiger partial charge in [-0.15, -0.1) is 0 Å². The second kappa shape index (κ2) is 8.07. The van der Waals surface area contributed by atoms with Crippen LogP contribution in [0.25, 0.3) is 0 Å². The zero-order valence-corrected chi connectivity index (χ0v) is 13.2. The van der Waals surface area contributed by atoms with Gasteiger partial charge >= 0.3 is 0 Å². The topological polar surface area (TPSA) is 79.8 Å². The number of thioether (sulfide) groups is 2. The van der Waals surface area contributed by atoms with Crippen molar-refractivity contribution in [2.75, 3.05) is 5.75 Å². The summed E-state index contributed by atoms with van der Waals surface area (Å²) >= 11 is 2.20. The first-order valence-electron chi connectivity index (χ1n) is 6.39. The number of ketones is 1. The van der Waals surface area contributed by atoms with Gasteiger partial charge in [0, 0.05) is 11.8 Å². The fraction of sp³-hybridized carbons (Fsp3) is 0.133. The van der Waals surface area contributed by atoms with Gasteiger partial charge in [0.05, 0.1) is 11.4 Å². The van der Waals surface area contributed by atoms with E-state index in [1.807, 2.05) is 6.07 Å². The van der Waals surface area contributed by atoms with Gasteiger partial charge in [0.1, 0.15) is 15.6 Å². The molecule has 0 aliphatic heterocycles. The van der Waals surface area contributed by atoms with Crippen LogP contribution in [-0.2, 0) is 0 Å². The van der Waals surface area contributed by atoms with Gasteiger partial charge < -0.3 is 5.73 Å². The number of hydrogen-bond donors (Lipinski definition) is 2. The first-order valence-corrected chi connectivity index (χ1v) is 8.26. The highest BCUT2D eigenvalue weighted by Crippen LogP contribution is 2.27. The van der Waals surface area contributed by atoms with Gasteiger partial charge in [0.25, 0.3) is 0 Å². The molecule has 1 unspecified atom stereocenters. The monoisotopic (exact) mass is 335 g/mol. The van der Waals surface area contributed by atoms with Gasteiger partial charge in [0.15, 0.2) is 5.78 Å². The van der Waals surface area contributed by atoms with Crippen LogP contribution in [0.15, 0.2) is 48.7 Å². The van der Waals surface area contributed by atoms with Gasteiger partial charge in [0.2, 0.25) is 0 Å². The molecule has 0 spiro atoms. The van der Waals surface area contributed by atoms with Crippen LogP contribution in [0.5, 0.6) is 0 Å². The molecule has 2 rings (SSSR count). The van der Waals surface area contributed by atoms with Crippen molar-refractivity contribution in [1.82, 2.24) is 4.98 Å². The summed E-state index contributed by atoms with van der Waals surface area (Å²) in [6.45, 7) is 0. The maximum Gasteiger partial charge on any atom is 0.173 e. The van der Waals surface area contributed by atoms with Crippen molar-refractivity contribution in [2.45, 2.75) is 5.37 Å². The van der Waals surface area contributed by atoms with Crippen LogP contribution in [-0.4, -0.2) is 20.9 Å². The summed E-state index contributed by atoms with van der Waals surface area (Å²) in [5.74, 6) is -0.594. The Morgan fingerprint density at radius 2 is 2.14 bits per heavy atom. The lowest BCUT2D eigenvalue weighted by atomic mass is 10.1. The third-order valence-corrected chi connectivity index (χ3v) is 4.71. The molecule has 2 aromatic rings. The minimum Gasteiger partial charge on any atom is -0.314 e. The molecule has 0 aliphatic carbocycles. The van der Waals surface area contributed by atoms with Gasteiger partial charge in [-0.05, 0) is 24.3 Å². The molecule has 0 saturated carbocycles. The number of nitrogens with zero attached hydrogens (tertiary/aromatic N) is 1. The Balaban J connectivity index is 1.84. The maximum absolute atomic E-state index is 13.1. The van der Waals surface area contributed by atoms with E-state index in [0.29, 0.717) is 11.3 Å². The Morgan fingerprint density at radius 3 is 2.82 bits per heavy atom. The van der Waals surface area contributed by atoms with Crippen molar-refractivity contribution in [1.29, 1.82) is 5.41 Å². The summed E-state index contributed by atoms with van der Waals surface area (Å²) in [6, 6.07) is 10.9. The number of halogens is 1. The average Bonchev–Trinajstić information content (AvgIpc) is 2.53. The third kappa shape index (κ3) is 4.94. The number of carbonyl (C=O) groups excluding carboxylic acids is 1. The summed E-state index contributed by atoms with van der Waals surface area (Å²) in [5, 5.41) is 7.41. The lowest BCUT2D eigenvalue weighted by Gasteiger charge is -2.10. The Bertz CT molecular complexity index is 667. The number of aromatic nitrogens is 1. The normalized spacial score (nSPS) is 11.9. The Kier molecular flexibility index (Phi) is 6.11. The third-order valence-electron chi connectivity index (χ3n) is 2.69. The van der Waals surface area contributed by atoms with Gasteiger partial charge in [-0.3, -0.25) is 15.2 Å². The van der Waals surface area contributed by atoms with E-state index >= 15 is 0 Å². The fourth-order valence-corrected chi connectivity index (χ4v) is 3.31. The lowest BCUT2D eigenvalue weighted by molar-refractivity contribution is 0.102. The van der Waals surface area contributed by atoms with E-state index in [1.54, 1.807) is 24.4 Å². The molecule has 7 heteroatoms. The van der Waals surface area contributed by atoms with Crippen LogP contribution in [0.4, 0.5) is 4.39 Å². The number of pyridine rings is 1. The summed E-state index contributed by atoms with van der Waals surface area (Å²) < 4.78 is 13.3. The molecule has 1 aromatic carbocycles. The van der Waals surface area contributed by atoms with Crippen molar-refractivity contribution >= 4 is 33.7 Å². The molecule has 0 saturated heterocycles. The van der Waals surface area contributed by atoms with Gasteiger partial charge in [-0.1, -0.05) is 41.7 Å². The first-order chi connectivity index (χ1) is 10.6. The Labute approximate surface area is 136 Å². The van der Waals surface area contributed by atoms with E-state index in [4.69, 9.17) is 11.1 Å². The lowest BCUT2D eigenvalue weighted by Crippen LogP contribution is -2.10. The smallest absolute Gasteiger partial charge is 0.173 e. The van der Waals surface area contributed by atoms with Crippen LogP contribution >= 0.6 is 23.5 Å². The number of nitrogens with two attached hydrogens (primary N) is 1. The Hall–Kier alpha value is -1.70. The molecular formula is C15H14FN3OS2. The van der Waals surface area contributed by atoms with Gasteiger partial charge in [-0.2, -0.15) is 0 Å². The SMILES string of the molecule is N=C(SCC(=O)c1cccc(F)c1)SC(N)c1ccccn1. The van der Waals surface area contributed by atoms with Crippen LogP contribution in [0.3, 0.4) is 0 Å². The van der Waals surface area contributed by atoms with Crippen molar-refractivity contribution in [3.63, 3.8) is 0 Å². The number of nitrogens with one attached hydrogen (secondary N) is 1. The second-order valence-corrected chi connectivity index (χ2v) is 6.70. The van der Waals surface area contributed by atoms with E-state index in [2.05, 4.69) is 4.98 Å². The second-order valence-electron chi connectivity index (χ2n) is 4.30. The molecule has 0 radical (unpaired) electrons. The van der Waals surface area contributed by atoms with Crippen LogP contribution in [0.2, 0.25) is 0 Å². The highest BCUT2D eigenvalue weighted by molar-refractivity contribution is 8.39. The molecule has 3 N–H and O–H groups in total. The zero-order chi connectivity index (χ0) is 15.9. The summed E-state index contributed by atoms with van der Waals surface area (Å²) in [5.41, 5.74) is 6.93. The molecule has 4 nitrogen and oxygen atoms in total. The standard InChI is InChI=1S/C15H14FN3OS2/c16-11-5-3-4-10(8-11)13(20)9-21-15(18)22-14(17)12-6-1-2-7-19-12/h1-8,14,18H,9,17H2. The van der Waals surface area contributed by atoms with Crippen LogP contribution in [0.1, 0.15) is 21.4 Å². The molecule has 1 atom stereocenters. The summed E-state index contributed by atoms with van der Waals surface area (Å²) in [7, 11) is 0. The van der Waals surface area contributed by atoms with E-state index in [0.717, 1.165) is 23.5 Å². The molecule has 0 fully saturated rings. The minimum absolute atomic E-state index is 0.0736. The number of hydrogen-bond acceptors (Lipinski definition) is 6. The first kappa shape index (κ1) is 16.7. The molecule has 114 valence electrons. The van der Waals surface area contributed by atoms with E-state index < -0.39 is 11.2 Å². The van der Waals surface area contributed by atoms with E-state index in [1.165, 1.54) is 18.2 Å². The highest BCUT2D eigenvalue weighted by Gasteiger charge is 2.13. The molecule has 22 heavy (non-hydrogen) atoms. The maximum atomic E-state index is 13.1. The van der Waals surface area contributed by atoms with Crippen LogP contribution < -0.4 is 5.73 Å². The number of carbonyl (C=O) groups is 1. The number of rotatable bonds is 5. The van der Waals surface area contributed by atoms with E-state index in [9.17, 15) is 9.18 Å². The molecule has 1 aromatic heterocycles. The fourth-order valence-electron chi connectivity index (χ4n) is 1.63. The highest BCUT2D eigenvalue weighted by atomic mass is 32.2. The van der Waals surface area contributed by atoms with Crippen LogP contribution in [0, 0.1) is 11.2 Å². The van der Waals surface area contributed by atoms with Crippen molar-refractivity contribution in [3.8, 4) is 0 Å². The van der Waals surface area contributed by atoms with Crippen molar-refractivity contribution < 1.29 is 9.18 Å². The zero-order valence-electron chi connectivity index (χ0n) is 11.5. The molecule has 0 amide bonds. The number of Topliss-reactive ketones (excluding diaryl/α,β-unsaturated/α-hetero) is 1. The van der Waals surface area contributed by atoms with Gasteiger partial charge in [-0.25, -0.2) is 4.39 Å². The molecular weight excluding hydrogens is 321 g/mol. The minimum atomic E-state index is -0.453. The Morgan fingerprint density at radius 1 is 1.32 bits per heavy atom. The quantitative estimate of drug-likeness (QED) is 0.378.